The number of carbonyl (C=O) groups is 1. The summed E-state index contributed by atoms with van der Waals surface area (Å²) >= 11 is 0. The quantitative estimate of drug-likeness (QED) is 0.0918. The summed E-state index contributed by atoms with van der Waals surface area (Å²) in [4.78, 5) is 11.9. The van der Waals surface area contributed by atoms with E-state index in [2.05, 4.69) is 92.8 Å². The molecule has 4 atom stereocenters. The summed E-state index contributed by atoms with van der Waals surface area (Å²) in [5, 5.41) is 0.0967. The second-order valence-electron chi connectivity index (χ2n) is 13.3. The molecule has 8 heteroatoms. The Morgan fingerprint density at radius 1 is 1.00 bits per heavy atom. The van der Waals surface area contributed by atoms with Crippen molar-refractivity contribution in [3.8, 4) is 0 Å². The van der Waals surface area contributed by atoms with Gasteiger partial charge < -0.3 is 22.8 Å². The van der Waals surface area contributed by atoms with Crippen molar-refractivity contribution in [1.29, 1.82) is 0 Å². The van der Waals surface area contributed by atoms with Gasteiger partial charge in [0.05, 0.1) is 37.6 Å². The van der Waals surface area contributed by atoms with Gasteiger partial charge in [0.2, 0.25) is 0 Å². The molecule has 0 aliphatic carbocycles. The summed E-state index contributed by atoms with van der Waals surface area (Å²) in [6, 6.07) is 10.3. The van der Waals surface area contributed by atoms with Crippen LogP contribution in [0.1, 0.15) is 80.7 Å². The average molecular weight is 605 g/mol. The monoisotopic (exact) mass is 604 g/mol. The Labute approximate surface area is 252 Å². The van der Waals surface area contributed by atoms with Gasteiger partial charge in [-0.2, -0.15) is 0 Å². The minimum absolute atomic E-state index is 0.0967. The molecule has 0 unspecified atom stereocenters. The molecule has 0 aromatic heterocycles. The normalized spacial score (nSPS) is 21.3. The molecule has 0 fully saturated rings. The van der Waals surface area contributed by atoms with Crippen LogP contribution in [-0.2, 0) is 34.2 Å². The minimum atomic E-state index is -2.67. The van der Waals surface area contributed by atoms with E-state index in [0.29, 0.717) is 26.1 Å². The van der Waals surface area contributed by atoms with Gasteiger partial charge in [0, 0.05) is 12.5 Å². The third-order valence-electron chi connectivity index (χ3n) is 8.31. The van der Waals surface area contributed by atoms with Crippen LogP contribution in [0, 0.1) is 0 Å². The van der Waals surface area contributed by atoms with Gasteiger partial charge in [-0.15, -0.1) is 0 Å². The molecule has 1 aromatic rings. The molecule has 2 rings (SSSR count). The van der Waals surface area contributed by atoms with E-state index in [-0.39, 0.29) is 46.5 Å². The van der Waals surface area contributed by atoms with E-state index < -0.39 is 16.9 Å². The molecule has 0 saturated carbocycles. The number of hydrogen-bond donors (Lipinski definition) is 0. The fourth-order valence-electron chi connectivity index (χ4n) is 4.90. The molecule has 0 bridgehead atoms. The minimum Gasteiger partial charge on any atom is -0.463 e. The van der Waals surface area contributed by atoms with Crippen molar-refractivity contribution in [2.45, 2.75) is 135 Å². The zero-order valence-corrected chi connectivity index (χ0v) is 29.4. The largest absolute Gasteiger partial charge is 0.463 e. The maximum Gasteiger partial charge on any atom is 0.344 e. The SMILES string of the molecule is CCOC(=O)/C=C\C[C@@H]1C=C[C@H](C[C@@H](OCc2ccccc2)[C@H](C)O[Si](C)(C)C(C)(C)C)O[Si](C(C)C)(C(C)C)O1. The standard InChI is InChI=1S/C33H56O6Si2/c1-12-35-32(34)20-16-19-29-21-22-30(39-41(38-29,25(2)3)26(4)5)23-31(36-24-28-17-14-13-15-18-28)27(6)37-40(10,11)33(7,8)9/h13-18,20-22,25-27,29-31H,12,19,23-24H2,1-11H3/b20-16-/t27-,29+,30+,31+/m0/s1. The Morgan fingerprint density at radius 3 is 2.15 bits per heavy atom. The number of carbonyl (C=O) groups excluding carboxylic acids is 1. The molecule has 1 aliphatic heterocycles. The maximum atomic E-state index is 11.9. The molecule has 6 nitrogen and oxygen atoms in total. The van der Waals surface area contributed by atoms with Crippen LogP contribution in [0.5, 0.6) is 0 Å². The summed E-state index contributed by atoms with van der Waals surface area (Å²) in [6.45, 7) is 25.0. The van der Waals surface area contributed by atoms with Gasteiger partial charge in [-0.3, -0.25) is 0 Å². The molecule has 0 radical (unpaired) electrons. The van der Waals surface area contributed by atoms with Crippen molar-refractivity contribution in [3.05, 3.63) is 60.2 Å². The number of ether oxygens (including phenoxy) is 2. The predicted octanol–water partition coefficient (Wildman–Crippen LogP) is 8.48. The molecule has 0 amide bonds. The molecule has 1 aliphatic rings. The molecule has 1 heterocycles. The van der Waals surface area contributed by atoms with E-state index in [4.69, 9.17) is 22.8 Å². The first-order valence-corrected chi connectivity index (χ1v) is 20.2. The summed E-state index contributed by atoms with van der Waals surface area (Å²) < 4.78 is 32.4. The van der Waals surface area contributed by atoms with Crippen LogP contribution >= 0.6 is 0 Å². The maximum absolute atomic E-state index is 11.9. The van der Waals surface area contributed by atoms with Gasteiger partial charge in [-0.25, -0.2) is 4.79 Å². The van der Waals surface area contributed by atoms with E-state index in [0.717, 1.165) is 5.56 Å². The Hall–Kier alpha value is -1.56. The van der Waals surface area contributed by atoms with Crippen LogP contribution in [0.25, 0.3) is 0 Å². The van der Waals surface area contributed by atoms with E-state index in [1.165, 1.54) is 6.08 Å². The molecule has 232 valence electrons. The van der Waals surface area contributed by atoms with Crippen molar-refractivity contribution < 1.29 is 27.5 Å². The first-order valence-electron chi connectivity index (χ1n) is 15.3. The van der Waals surface area contributed by atoms with E-state index in [1.807, 2.05) is 24.3 Å². The fourth-order valence-corrected chi connectivity index (χ4v) is 10.1. The van der Waals surface area contributed by atoms with Gasteiger partial charge in [0.25, 0.3) is 0 Å². The van der Waals surface area contributed by atoms with Crippen molar-refractivity contribution in [2.75, 3.05) is 6.61 Å². The Kier molecular flexibility index (Phi) is 13.7. The van der Waals surface area contributed by atoms with Crippen molar-refractivity contribution in [3.63, 3.8) is 0 Å². The first kappa shape index (κ1) is 35.6. The number of esters is 1. The van der Waals surface area contributed by atoms with Gasteiger partial charge in [0.1, 0.15) is 0 Å². The van der Waals surface area contributed by atoms with Crippen LogP contribution in [0.15, 0.2) is 54.6 Å². The van der Waals surface area contributed by atoms with Crippen molar-refractivity contribution in [2.24, 2.45) is 0 Å². The highest BCUT2D eigenvalue weighted by atomic mass is 28.4. The van der Waals surface area contributed by atoms with Gasteiger partial charge in [-0.1, -0.05) is 97.0 Å². The van der Waals surface area contributed by atoms with E-state index >= 15 is 0 Å². The summed E-state index contributed by atoms with van der Waals surface area (Å²) in [7, 11) is -4.69. The Bertz CT molecular complexity index is 975. The van der Waals surface area contributed by atoms with Crippen LogP contribution < -0.4 is 0 Å². The highest BCUT2D eigenvalue weighted by Gasteiger charge is 2.49. The molecule has 0 N–H and O–H groups in total. The Morgan fingerprint density at radius 2 is 1.59 bits per heavy atom. The van der Waals surface area contributed by atoms with E-state index in [9.17, 15) is 4.79 Å². The number of hydrogen-bond acceptors (Lipinski definition) is 6. The smallest absolute Gasteiger partial charge is 0.344 e. The lowest BCUT2D eigenvalue weighted by molar-refractivity contribution is -0.137. The zero-order chi connectivity index (χ0) is 30.8. The second kappa shape index (κ2) is 15.8. The third-order valence-corrected chi connectivity index (χ3v) is 17.4. The first-order chi connectivity index (χ1) is 19.1. The Balaban J connectivity index is 2.35. The fraction of sp³-hybridized carbons (Fsp3) is 0.667. The molecular weight excluding hydrogens is 549 g/mol. The summed E-state index contributed by atoms with van der Waals surface area (Å²) in [5.74, 6) is -0.329. The number of rotatable bonds is 14. The van der Waals surface area contributed by atoms with Crippen LogP contribution in [0.3, 0.4) is 0 Å². The van der Waals surface area contributed by atoms with Crippen molar-refractivity contribution >= 4 is 22.8 Å². The second-order valence-corrected chi connectivity index (χ2v) is 22.3. The van der Waals surface area contributed by atoms with Gasteiger partial charge >= 0.3 is 14.5 Å². The summed E-state index contributed by atoms with van der Waals surface area (Å²) in [5.41, 5.74) is 1.62. The van der Waals surface area contributed by atoms with Crippen LogP contribution in [0.2, 0.25) is 29.2 Å². The van der Waals surface area contributed by atoms with Crippen LogP contribution in [0.4, 0.5) is 0 Å². The molecule has 41 heavy (non-hydrogen) atoms. The average Bonchev–Trinajstić information content (AvgIpc) is 3.07. The highest BCUT2D eigenvalue weighted by Crippen LogP contribution is 2.41. The lowest BCUT2D eigenvalue weighted by Gasteiger charge is -2.42. The zero-order valence-electron chi connectivity index (χ0n) is 27.4. The molecule has 1 aromatic carbocycles. The lowest BCUT2D eigenvalue weighted by Crippen LogP contribution is -2.52. The van der Waals surface area contributed by atoms with Gasteiger partial charge in [-0.05, 0) is 55.0 Å². The molecule has 0 saturated heterocycles. The summed E-state index contributed by atoms with van der Waals surface area (Å²) in [6.07, 6.45) is 8.22. The molecule has 0 spiro atoms. The lowest BCUT2D eigenvalue weighted by atomic mass is 10.1. The van der Waals surface area contributed by atoms with Gasteiger partial charge in [0.15, 0.2) is 8.32 Å². The van der Waals surface area contributed by atoms with Crippen molar-refractivity contribution in [1.82, 2.24) is 0 Å². The topological polar surface area (TPSA) is 63.2 Å². The van der Waals surface area contributed by atoms with Crippen LogP contribution in [-0.4, -0.2) is 53.9 Å². The van der Waals surface area contributed by atoms with E-state index in [1.54, 1.807) is 6.92 Å². The molecular formula is C33H56O6Si2. The number of benzene rings is 1. The predicted molar refractivity (Wildman–Crippen MR) is 173 cm³/mol. The highest BCUT2D eigenvalue weighted by molar-refractivity contribution is 6.74. The third kappa shape index (κ3) is 10.6.